The fraction of sp³-hybridized carbons (Fsp3) is 0.579. The van der Waals surface area contributed by atoms with Gasteiger partial charge in [-0.25, -0.2) is 0 Å². The Labute approximate surface area is 143 Å². The summed E-state index contributed by atoms with van der Waals surface area (Å²) in [7, 11) is 1.65. The van der Waals surface area contributed by atoms with E-state index in [0.29, 0.717) is 25.7 Å². The van der Waals surface area contributed by atoms with E-state index in [1.807, 2.05) is 24.3 Å². The average molecular weight is 333 g/mol. The Kier molecular flexibility index (Phi) is 6.23. The summed E-state index contributed by atoms with van der Waals surface area (Å²) in [5.74, 6) is -0.288. The minimum absolute atomic E-state index is 0.00215. The SMILES string of the molecule is COc1ccccc1CC(NC(=O)[C@@H]1CC[C@H](C(=O)O)C1)C(C)C. The average Bonchev–Trinajstić information content (AvgIpc) is 3.05. The molecule has 132 valence electrons. The summed E-state index contributed by atoms with van der Waals surface area (Å²) in [5.41, 5.74) is 1.06. The summed E-state index contributed by atoms with van der Waals surface area (Å²) in [6.45, 7) is 4.16. The number of benzene rings is 1. The van der Waals surface area contributed by atoms with Crippen molar-refractivity contribution in [3.8, 4) is 5.75 Å². The number of methoxy groups -OCH3 is 1. The van der Waals surface area contributed by atoms with E-state index >= 15 is 0 Å². The number of carboxylic acid groups (broad SMARTS) is 1. The Hall–Kier alpha value is -2.04. The third kappa shape index (κ3) is 4.49. The lowest BCUT2D eigenvalue weighted by atomic mass is 9.94. The van der Waals surface area contributed by atoms with Gasteiger partial charge in [0.1, 0.15) is 5.75 Å². The van der Waals surface area contributed by atoms with Crippen LogP contribution in [0.5, 0.6) is 5.75 Å². The van der Waals surface area contributed by atoms with Gasteiger partial charge in [0, 0.05) is 12.0 Å². The Morgan fingerprint density at radius 2 is 1.92 bits per heavy atom. The highest BCUT2D eigenvalue weighted by Crippen LogP contribution is 2.31. The molecular formula is C19H27NO4. The number of rotatable bonds is 7. The van der Waals surface area contributed by atoms with Crippen molar-refractivity contribution in [2.45, 2.75) is 45.6 Å². The molecule has 0 saturated heterocycles. The first kappa shape index (κ1) is 18.3. The molecule has 1 unspecified atom stereocenters. The normalized spacial score (nSPS) is 21.5. The van der Waals surface area contributed by atoms with Crippen molar-refractivity contribution in [2.75, 3.05) is 7.11 Å². The standard InChI is InChI=1S/C19H27NO4/c1-12(2)16(11-13-6-4-5-7-17(13)24-3)20-18(21)14-8-9-15(10-14)19(22)23/h4-7,12,14-16H,8-11H2,1-3H3,(H,20,21)(H,22,23)/t14-,15+,16?/m1/s1. The Morgan fingerprint density at radius 1 is 1.25 bits per heavy atom. The number of hydrogen-bond acceptors (Lipinski definition) is 3. The second kappa shape index (κ2) is 8.18. The Balaban J connectivity index is 2.01. The molecule has 5 heteroatoms. The second-order valence-electron chi connectivity index (χ2n) is 6.92. The molecule has 1 aliphatic carbocycles. The molecule has 3 atom stereocenters. The molecule has 1 aliphatic rings. The largest absolute Gasteiger partial charge is 0.496 e. The molecule has 0 radical (unpaired) electrons. The predicted octanol–water partition coefficient (Wildman–Crippen LogP) is 2.88. The number of hydrogen-bond donors (Lipinski definition) is 2. The van der Waals surface area contributed by atoms with E-state index in [0.717, 1.165) is 11.3 Å². The van der Waals surface area contributed by atoms with Gasteiger partial charge in [-0.15, -0.1) is 0 Å². The maximum absolute atomic E-state index is 12.5. The zero-order valence-corrected chi connectivity index (χ0v) is 14.6. The van der Waals surface area contributed by atoms with Gasteiger partial charge < -0.3 is 15.2 Å². The van der Waals surface area contributed by atoms with Crippen molar-refractivity contribution in [1.29, 1.82) is 0 Å². The van der Waals surface area contributed by atoms with Gasteiger partial charge in [-0.2, -0.15) is 0 Å². The number of amides is 1. The summed E-state index contributed by atoms with van der Waals surface area (Å²) < 4.78 is 5.39. The van der Waals surface area contributed by atoms with E-state index in [2.05, 4.69) is 19.2 Å². The molecule has 1 fully saturated rings. The molecule has 0 heterocycles. The second-order valence-corrected chi connectivity index (χ2v) is 6.92. The van der Waals surface area contributed by atoms with E-state index in [9.17, 15) is 9.59 Å². The van der Waals surface area contributed by atoms with Gasteiger partial charge in [0.2, 0.25) is 5.91 Å². The van der Waals surface area contributed by atoms with Crippen molar-refractivity contribution in [3.63, 3.8) is 0 Å². The maximum atomic E-state index is 12.5. The first-order valence-corrected chi connectivity index (χ1v) is 8.57. The summed E-state index contributed by atoms with van der Waals surface area (Å²) in [5, 5.41) is 12.2. The molecule has 2 N–H and O–H groups in total. The fourth-order valence-corrected chi connectivity index (χ4v) is 3.31. The lowest BCUT2D eigenvalue weighted by molar-refractivity contribution is -0.141. The lowest BCUT2D eigenvalue weighted by Crippen LogP contribution is -2.42. The lowest BCUT2D eigenvalue weighted by Gasteiger charge is -2.25. The van der Waals surface area contributed by atoms with Gasteiger partial charge in [-0.05, 0) is 43.2 Å². The quantitative estimate of drug-likeness (QED) is 0.804. The molecule has 0 aromatic heterocycles. The molecule has 24 heavy (non-hydrogen) atoms. The number of carbonyl (C=O) groups excluding carboxylic acids is 1. The van der Waals surface area contributed by atoms with E-state index in [1.165, 1.54) is 0 Å². The van der Waals surface area contributed by atoms with Crippen LogP contribution in [0.3, 0.4) is 0 Å². The highest BCUT2D eigenvalue weighted by Gasteiger charge is 2.34. The molecule has 1 amide bonds. The van der Waals surface area contributed by atoms with Crippen molar-refractivity contribution in [3.05, 3.63) is 29.8 Å². The Morgan fingerprint density at radius 3 is 2.50 bits per heavy atom. The molecule has 1 aromatic rings. The van der Waals surface area contributed by atoms with Gasteiger partial charge in [-0.3, -0.25) is 9.59 Å². The van der Waals surface area contributed by atoms with E-state index in [4.69, 9.17) is 9.84 Å². The minimum Gasteiger partial charge on any atom is -0.496 e. The van der Waals surface area contributed by atoms with Crippen molar-refractivity contribution in [1.82, 2.24) is 5.32 Å². The van der Waals surface area contributed by atoms with Crippen LogP contribution in [0.15, 0.2) is 24.3 Å². The number of aliphatic carboxylic acids is 1. The molecule has 0 spiro atoms. The molecule has 0 aliphatic heterocycles. The molecule has 0 bridgehead atoms. The van der Waals surface area contributed by atoms with E-state index in [1.54, 1.807) is 7.11 Å². The summed E-state index contributed by atoms with van der Waals surface area (Å²) in [6.07, 6.45) is 2.39. The number of carboxylic acids is 1. The molecule has 2 rings (SSSR count). The van der Waals surface area contributed by atoms with Crippen molar-refractivity contribution in [2.24, 2.45) is 17.8 Å². The van der Waals surface area contributed by atoms with Crippen LogP contribution in [0.4, 0.5) is 0 Å². The first-order chi connectivity index (χ1) is 11.4. The fourth-order valence-electron chi connectivity index (χ4n) is 3.31. The van der Waals surface area contributed by atoms with Crippen LogP contribution in [0, 0.1) is 17.8 Å². The molecular weight excluding hydrogens is 306 g/mol. The van der Waals surface area contributed by atoms with E-state index < -0.39 is 5.97 Å². The predicted molar refractivity (Wildman–Crippen MR) is 91.9 cm³/mol. The number of carbonyl (C=O) groups is 2. The van der Waals surface area contributed by atoms with Gasteiger partial charge in [0.15, 0.2) is 0 Å². The zero-order chi connectivity index (χ0) is 17.7. The summed E-state index contributed by atoms with van der Waals surface area (Å²) >= 11 is 0. The topological polar surface area (TPSA) is 75.6 Å². The maximum Gasteiger partial charge on any atom is 0.306 e. The summed E-state index contributed by atoms with van der Waals surface area (Å²) in [4.78, 5) is 23.6. The Bertz CT molecular complexity index is 584. The highest BCUT2D eigenvalue weighted by atomic mass is 16.5. The van der Waals surface area contributed by atoms with Crippen LogP contribution < -0.4 is 10.1 Å². The van der Waals surface area contributed by atoms with Crippen LogP contribution in [-0.4, -0.2) is 30.1 Å². The van der Waals surface area contributed by atoms with Crippen LogP contribution in [0.2, 0.25) is 0 Å². The van der Waals surface area contributed by atoms with Gasteiger partial charge in [-0.1, -0.05) is 32.0 Å². The molecule has 5 nitrogen and oxygen atoms in total. The molecule has 1 saturated carbocycles. The number of ether oxygens (including phenoxy) is 1. The summed E-state index contributed by atoms with van der Waals surface area (Å²) in [6, 6.07) is 7.82. The highest BCUT2D eigenvalue weighted by molar-refractivity contribution is 5.81. The van der Waals surface area contributed by atoms with Crippen molar-refractivity contribution >= 4 is 11.9 Å². The molecule has 1 aromatic carbocycles. The van der Waals surface area contributed by atoms with Crippen molar-refractivity contribution < 1.29 is 19.4 Å². The third-order valence-corrected chi connectivity index (χ3v) is 4.92. The monoisotopic (exact) mass is 333 g/mol. The van der Waals surface area contributed by atoms with Crippen LogP contribution in [0.1, 0.15) is 38.7 Å². The van der Waals surface area contributed by atoms with Gasteiger partial charge in [0.25, 0.3) is 0 Å². The van der Waals surface area contributed by atoms with Gasteiger partial charge >= 0.3 is 5.97 Å². The smallest absolute Gasteiger partial charge is 0.306 e. The van der Waals surface area contributed by atoms with Crippen LogP contribution in [-0.2, 0) is 16.0 Å². The zero-order valence-electron chi connectivity index (χ0n) is 14.6. The number of para-hydroxylation sites is 1. The first-order valence-electron chi connectivity index (χ1n) is 8.57. The van der Waals surface area contributed by atoms with Crippen LogP contribution >= 0.6 is 0 Å². The van der Waals surface area contributed by atoms with Crippen LogP contribution in [0.25, 0.3) is 0 Å². The van der Waals surface area contributed by atoms with Gasteiger partial charge in [0.05, 0.1) is 13.0 Å². The third-order valence-electron chi connectivity index (χ3n) is 4.92. The number of nitrogens with one attached hydrogen (secondary N) is 1. The van der Waals surface area contributed by atoms with E-state index in [-0.39, 0.29) is 29.7 Å². The minimum atomic E-state index is -0.792.